The van der Waals surface area contributed by atoms with Crippen LogP contribution < -0.4 is 20.2 Å². The molecule has 28 heavy (non-hydrogen) atoms. The molecular weight excluding hydrogens is 370 g/mol. The van der Waals surface area contributed by atoms with Crippen molar-refractivity contribution in [3.05, 3.63) is 23.8 Å². The summed E-state index contributed by atoms with van der Waals surface area (Å²) in [6, 6.07) is 5.82. The van der Waals surface area contributed by atoms with Crippen molar-refractivity contribution in [1.82, 2.24) is 10.7 Å². The number of thiocarbonyl (C=S) groups is 1. The molecule has 0 amide bonds. The molecule has 0 saturated heterocycles. The van der Waals surface area contributed by atoms with Crippen molar-refractivity contribution in [3.8, 4) is 11.5 Å². The Bertz CT molecular complexity index is 714. The number of hydrogen-bond donors (Lipinski definition) is 2. The summed E-state index contributed by atoms with van der Waals surface area (Å²) in [5.41, 5.74) is 4.16. The Hall–Kier alpha value is -1.82. The van der Waals surface area contributed by atoms with Crippen LogP contribution in [0.5, 0.6) is 11.5 Å². The molecule has 4 saturated carbocycles. The molecule has 6 heteroatoms. The van der Waals surface area contributed by atoms with Crippen LogP contribution in [-0.2, 0) is 0 Å². The van der Waals surface area contributed by atoms with E-state index >= 15 is 0 Å². The smallest absolute Gasteiger partial charge is 0.187 e. The first-order chi connectivity index (χ1) is 13.6. The number of hydrazone groups is 1. The standard InChI is InChI=1S/C22H31N3O2S/c1-3-26-19-6-5-15(10-20(19)27-4-2)14-23-25-21(28)24-22-11-16-7-17(12-22)9-18(8-16)13-22/h5-6,10,14,16-18H,3-4,7-9,11-13H2,1-2H3,(H2,24,25,28)/b23-14+. The van der Waals surface area contributed by atoms with Gasteiger partial charge < -0.3 is 14.8 Å². The van der Waals surface area contributed by atoms with Crippen LogP contribution in [0, 0.1) is 17.8 Å². The summed E-state index contributed by atoms with van der Waals surface area (Å²) in [7, 11) is 0. The molecule has 4 aliphatic carbocycles. The first-order valence-corrected chi connectivity index (χ1v) is 11.0. The van der Waals surface area contributed by atoms with Gasteiger partial charge in [0.2, 0.25) is 0 Å². The molecule has 0 atom stereocenters. The minimum absolute atomic E-state index is 0.204. The minimum Gasteiger partial charge on any atom is -0.490 e. The summed E-state index contributed by atoms with van der Waals surface area (Å²) in [6.45, 7) is 5.14. The van der Waals surface area contributed by atoms with E-state index in [9.17, 15) is 0 Å². The van der Waals surface area contributed by atoms with Gasteiger partial charge in [0.1, 0.15) is 0 Å². The number of hydrogen-bond acceptors (Lipinski definition) is 4. The van der Waals surface area contributed by atoms with Gasteiger partial charge in [0.25, 0.3) is 0 Å². The third kappa shape index (κ3) is 4.27. The Balaban J connectivity index is 1.34. The van der Waals surface area contributed by atoms with Gasteiger partial charge >= 0.3 is 0 Å². The van der Waals surface area contributed by atoms with Gasteiger partial charge in [-0.3, -0.25) is 5.43 Å². The number of ether oxygens (including phenoxy) is 2. The lowest BCUT2D eigenvalue weighted by molar-refractivity contribution is -0.0101. The van der Waals surface area contributed by atoms with Gasteiger partial charge in [-0.05, 0) is 106 Å². The number of rotatable bonds is 7. The van der Waals surface area contributed by atoms with Gasteiger partial charge in [-0.25, -0.2) is 0 Å². The molecule has 1 aromatic carbocycles. The van der Waals surface area contributed by atoms with Crippen molar-refractivity contribution in [3.63, 3.8) is 0 Å². The van der Waals surface area contributed by atoms with Gasteiger partial charge in [-0.15, -0.1) is 0 Å². The predicted octanol–water partition coefficient (Wildman–Crippen LogP) is 4.25. The van der Waals surface area contributed by atoms with Crippen molar-refractivity contribution in [2.45, 2.75) is 57.9 Å². The third-order valence-corrected chi connectivity index (χ3v) is 6.56. The van der Waals surface area contributed by atoms with Gasteiger partial charge in [-0.2, -0.15) is 5.10 Å². The summed E-state index contributed by atoms with van der Waals surface area (Å²) in [4.78, 5) is 0. The summed E-state index contributed by atoms with van der Waals surface area (Å²) >= 11 is 5.55. The second-order valence-electron chi connectivity index (χ2n) is 8.59. The molecule has 4 bridgehead atoms. The normalized spacial score (nSPS) is 30.4. The molecular formula is C22H31N3O2S. The largest absolute Gasteiger partial charge is 0.490 e. The van der Waals surface area contributed by atoms with E-state index in [4.69, 9.17) is 21.7 Å². The van der Waals surface area contributed by atoms with Crippen molar-refractivity contribution in [2.75, 3.05) is 13.2 Å². The molecule has 4 fully saturated rings. The molecule has 0 spiro atoms. The van der Waals surface area contributed by atoms with Gasteiger partial charge in [-0.1, -0.05) is 0 Å². The van der Waals surface area contributed by atoms with Gasteiger partial charge in [0.15, 0.2) is 16.6 Å². The van der Waals surface area contributed by atoms with Crippen LogP contribution in [0.2, 0.25) is 0 Å². The Morgan fingerprint density at radius 1 is 1.07 bits per heavy atom. The highest BCUT2D eigenvalue weighted by Gasteiger charge is 2.51. The number of nitrogens with zero attached hydrogens (tertiary/aromatic N) is 1. The zero-order chi connectivity index (χ0) is 19.6. The fraction of sp³-hybridized carbons (Fsp3) is 0.636. The zero-order valence-corrected chi connectivity index (χ0v) is 17.7. The van der Waals surface area contributed by atoms with Crippen LogP contribution in [0.1, 0.15) is 57.9 Å². The molecule has 5 nitrogen and oxygen atoms in total. The highest BCUT2D eigenvalue weighted by Crippen LogP contribution is 2.55. The van der Waals surface area contributed by atoms with Crippen LogP contribution in [0.4, 0.5) is 0 Å². The summed E-state index contributed by atoms with van der Waals surface area (Å²) in [6.07, 6.45) is 9.85. The van der Waals surface area contributed by atoms with Crippen molar-refractivity contribution in [2.24, 2.45) is 22.9 Å². The van der Waals surface area contributed by atoms with E-state index in [1.165, 1.54) is 38.5 Å². The quantitative estimate of drug-likeness (QED) is 0.406. The molecule has 1 aromatic rings. The van der Waals surface area contributed by atoms with E-state index in [1.807, 2.05) is 32.0 Å². The maximum absolute atomic E-state index is 5.67. The molecule has 0 unspecified atom stereocenters. The van der Waals surface area contributed by atoms with Crippen LogP contribution in [0.15, 0.2) is 23.3 Å². The summed E-state index contributed by atoms with van der Waals surface area (Å²) in [5, 5.41) is 8.61. The lowest BCUT2D eigenvalue weighted by atomic mass is 9.53. The van der Waals surface area contributed by atoms with Crippen LogP contribution in [-0.4, -0.2) is 30.1 Å². The monoisotopic (exact) mass is 401 g/mol. The van der Waals surface area contributed by atoms with E-state index in [2.05, 4.69) is 15.8 Å². The number of benzene rings is 1. The van der Waals surface area contributed by atoms with Crippen LogP contribution >= 0.6 is 12.2 Å². The average molecular weight is 402 g/mol. The van der Waals surface area contributed by atoms with E-state index < -0.39 is 0 Å². The predicted molar refractivity (Wildman–Crippen MR) is 116 cm³/mol. The second-order valence-corrected chi connectivity index (χ2v) is 9.00. The molecule has 2 N–H and O–H groups in total. The average Bonchev–Trinajstić information content (AvgIpc) is 2.62. The SMILES string of the molecule is CCOc1ccc(/C=N/NC(=S)NC23CC4CC(CC(C4)C2)C3)cc1OCC. The molecule has 0 aromatic heterocycles. The lowest BCUT2D eigenvalue weighted by Gasteiger charge is -2.57. The van der Waals surface area contributed by atoms with E-state index in [-0.39, 0.29) is 5.54 Å². The van der Waals surface area contributed by atoms with Crippen LogP contribution in [0.3, 0.4) is 0 Å². The van der Waals surface area contributed by atoms with E-state index in [1.54, 1.807) is 6.21 Å². The topological polar surface area (TPSA) is 54.9 Å². The maximum Gasteiger partial charge on any atom is 0.187 e. The van der Waals surface area contributed by atoms with Crippen LogP contribution in [0.25, 0.3) is 0 Å². The zero-order valence-electron chi connectivity index (χ0n) is 16.9. The van der Waals surface area contributed by atoms with Gasteiger partial charge in [0.05, 0.1) is 19.4 Å². The lowest BCUT2D eigenvalue weighted by Crippen LogP contribution is -2.61. The first kappa shape index (κ1) is 19.5. The molecule has 0 aliphatic heterocycles. The fourth-order valence-corrected chi connectivity index (χ4v) is 6.12. The molecule has 5 rings (SSSR count). The summed E-state index contributed by atoms with van der Waals surface area (Å²) in [5.74, 6) is 4.18. The molecule has 4 aliphatic rings. The Morgan fingerprint density at radius 2 is 1.68 bits per heavy atom. The molecule has 0 radical (unpaired) electrons. The summed E-state index contributed by atoms with van der Waals surface area (Å²) < 4.78 is 11.3. The Morgan fingerprint density at radius 3 is 2.29 bits per heavy atom. The minimum atomic E-state index is 0.204. The van der Waals surface area contributed by atoms with E-state index in [0.29, 0.717) is 18.3 Å². The number of nitrogens with one attached hydrogen (secondary N) is 2. The highest BCUT2D eigenvalue weighted by molar-refractivity contribution is 7.80. The molecule has 0 heterocycles. The van der Waals surface area contributed by atoms with Gasteiger partial charge in [0, 0.05) is 5.54 Å². The Kier molecular flexibility index (Phi) is 5.76. The van der Waals surface area contributed by atoms with Crippen molar-refractivity contribution >= 4 is 23.5 Å². The fourth-order valence-electron chi connectivity index (χ4n) is 5.85. The third-order valence-electron chi connectivity index (χ3n) is 6.36. The second kappa shape index (κ2) is 8.27. The molecule has 152 valence electrons. The van der Waals surface area contributed by atoms with Crippen molar-refractivity contribution < 1.29 is 9.47 Å². The first-order valence-electron chi connectivity index (χ1n) is 10.6. The Labute approximate surface area is 173 Å². The van der Waals surface area contributed by atoms with E-state index in [0.717, 1.165) is 34.8 Å². The maximum atomic E-state index is 5.67. The highest BCUT2D eigenvalue weighted by atomic mass is 32.1. The van der Waals surface area contributed by atoms with Crippen molar-refractivity contribution in [1.29, 1.82) is 0 Å².